The molecule has 26 heavy (non-hydrogen) atoms. The van der Waals surface area contributed by atoms with E-state index in [1.807, 2.05) is 12.1 Å². The Morgan fingerprint density at radius 1 is 1.19 bits per heavy atom. The molecule has 0 saturated carbocycles. The van der Waals surface area contributed by atoms with Crippen LogP contribution in [0.2, 0.25) is 0 Å². The van der Waals surface area contributed by atoms with Crippen LogP contribution >= 0.6 is 11.0 Å². The average molecular weight is 380 g/mol. The van der Waals surface area contributed by atoms with Gasteiger partial charge in [-0.25, -0.2) is 4.98 Å². The Bertz CT molecular complexity index is 693. The van der Waals surface area contributed by atoms with Gasteiger partial charge in [0.25, 0.3) is 0 Å². The molecule has 1 aromatic heterocycles. The Kier molecular flexibility index (Phi) is 4.81. The molecule has 4 rings (SSSR count). The van der Waals surface area contributed by atoms with Crippen molar-refractivity contribution in [3.8, 4) is 6.19 Å². The van der Waals surface area contributed by atoms with Crippen LogP contribution < -0.4 is 9.21 Å². The van der Waals surface area contributed by atoms with Crippen LogP contribution in [-0.2, 0) is 4.74 Å². The number of anilines is 2. The van der Waals surface area contributed by atoms with Crippen molar-refractivity contribution >= 4 is 22.5 Å². The summed E-state index contributed by atoms with van der Waals surface area (Å²) >= 11 is 0. The number of nitrogens with zero attached hydrogens (tertiary/aromatic N) is 6. The quantitative estimate of drug-likeness (QED) is 0.749. The fraction of sp³-hybridized carbons (Fsp3) is 0.625. The summed E-state index contributed by atoms with van der Waals surface area (Å²) in [7, 11) is -3.08. The van der Waals surface area contributed by atoms with Crippen molar-refractivity contribution in [2.45, 2.75) is 12.5 Å². The molecule has 1 aromatic rings. The molecule has 0 amide bonds. The molecule has 10 heteroatoms. The fourth-order valence-corrected chi connectivity index (χ4v) is 5.68. The lowest BCUT2D eigenvalue weighted by molar-refractivity contribution is 0.122. The summed E-state index contributed by atoms with van der Waals surface area (Å²) in [4.78, 5) is 8.25. The molecule has 0 radical (unpaired) electrons. The summed E-state index contributed by atoms with van der Waals surface area (Å²) in [6.07, 6.45) is 4.63. The molecule has 0 aliphatic carbocycles. The summed E-state index contributed by atoms with van der Waals surface area (Å²) in [5.41, 5.74) is 0.763. The molecule has 3 aliphatic heterocycles. The number of nitriles is 1. The minimum atomic E-state index is -3.08. The molecule has 9 nitrogen and oxygen atoms in total. The van der Waals surface area contributed by atoms with Gasteiger partial charge in [0.15, 0.2) is 6.19 Å². The summed E-state index contributed by atoms with van der Waals surface area (Å²) < 4.78 is 30.7. The Morgan fingerprint density at radius 3 is 2.73 bits per heavy atom. The molecule has 4 heterocycles. The maximum atomic E-state index is 10.9. The molecular weight excluding hydrogens is 356 g/mol. The normalized spacial score (nSPS) is 27.6. The van der Waals surface area contributed by atoms with E-state index in [9.17, 15) is 9.11 Å². The molecule has 0 aromatic carbocycles. The summed E-state index contributed by atoms with van der Waals surface area (Å²) in [5.74, 6) is 0.830. The number of pyridine rings is 1. The molecule has 142 valence electrons. The van der Waals surface area contributed by atoms with Gasteiger partial charge in [-0.2, -0.15) is 9.57 Å². The lowest BCUT2D eigenvalue weighted by Crippen LogP contribution is -2.38. The Balaban J connectivity index is 1.52. The Hall–Kier alpha value is -1.77. The van der Waals surface area contributed by atoms with E-state index >= 15 is 0 Å². The highest BCUT2D eigenvalue weighted by molar-refractivity contribution is 8.23. The minimum Gasteiger partial charge on any atom is -0.378 e. The third-order valence-electron chi connectivity index (χ3n) is 5.20. The fourth-order valence-electron chi connectivity index (χ4n) is 3.81. The zero-order valence-corrected chi connectivity index (χ0v) is 15.4. The maximum Gasteiger partial charge on any atom is 0.179 e. The molecule has 1 unspecified atom stereocenters. The zero-order valence-electron chi connectivity index (χ0n) is 14.6. The molecule has 0 spiro atoms. The molecular formula is C16H24N6O3S. The van der Waals surface area contributed by atoms with E-state index in [-0.39, 0.29) is 6.04 Å². The highest BCUT2D eigenvalue weighted by Crippen LogP contribution is 2.55. The highest BCUT2D eigenvalue weighted by Gasteiger charge is 2.43. The first-order chi connectivity index (χ1) is 12.6. The molecule has 2 N–H and O–H groups in total. The highest BCUT2D eigenvalue weighted by atomic mass is 32.3. The van der Waals surface area contributed by atoms with Crippen molar-refractivity contribution in [2.75, 3.05) is 61.7 Å². The van der Waals surface area contributed by atoms with Gasteiger partial charge in [0.1, 0.15) is 5.82 Å². The van der Waals surface area contributed by atoms with Crippen molar-refractivity contribution in [2.24, 2.45) is 0 Å². The first-order valence-electron chi connectivity index (χ1n) is 8.86. The molecule has 3 fully saturated rings. The van der Waals surface area contributed by atoms with Gasteiger partial charge in [-0.15, -0.1) is 0 Å². The maximum absolute atomic E-state index is 10.9. The van der Waals surface area contributed by atoms with Crippen LogP contribution in [0.25, 0.3) is 0 Å². The molecule has 3 saturated heterocycles. The minimum absolute atomic E-state index is 0.00907. The van der Waals surface area contributed by atoms with E-state index in [2.05, 4.69) is 16.1 Å². The van der Waals surface area contributed by atoms with Crippen molar-refractivity contribution in [3.05, 3.63) is 18.3 Å². The number of likely N-dealkylation sites (tertiary alicyclic amines) is 1. The first-order valence-corrected chi connectivity index (χ1v) is 10.3. The van der Waals surface area contributed by atoms with E-state index in [4.69, 9.17) is 10.00 Å². The van der Waals surface area contributed by atoms with E-state index < -0.39 is 11.0 Å². The Labute approximate surface area is 155 Å². The second-order valence-corrected chi connectivity index (χ2v) is 8.58. The van der Waals surface area contributed by atoms with Gasteiger partial charge in [0.2, 0.25) is 0 Å². The van der Waals surface area contributed by atoms with Crippen molar-refractivity contribution in [1.82, 2.24) is 14.2 Å². The number of rotatable bonds is 3. The number of ether oxygens (including phenoxy) is 1. The van der Waals surface area contributed by atoms with Gasteiger partial charge in [0.05, 0.1) is 31.5 Å². The standard InChI is InChI=1S/C16H24N6O3S/c17-13-19-4-2-15(12-19)22-6-5-21(26(22,23)24)14-1-3-18-16(11-14)20-7-9-25-10-8-20/h1,3,11,15,23-24H,2,4-10,12H2. The second kappa shape index (κ2) is 7.09. The number of hydrogen-bond donors (Lipinski definition) is 2. The van der Waals surface area contributed by atoms with Crippen LogP contribution in [0.3, 0.4) is 0 Å². The molecule has 1 atom stereocenters. The lowest BCUT2D eigenvalue weighted by Gasteiger charge is -2.45. The summed E-state index contributed by atoms with van der Waals surface area (Å²) in [5, 5.41) is 9.05. The van der Waals surface area contributed by atoms with Crippen LogP contribution in [0.5, 0.6) is 0 Å². The smallest absolute Gasteiger partial charge is 0.179 e. The SMILES string of the molecule is N#CN1CCC(N2CCN(c3ccnc(N4CCOCC4)c3)S2(O)O)C1. The second-order valence-electron chi connectivity index (χ2n) is 6.69. The largest absolute Gasteiger partial charge is 0.378 e. The number of aromatic nitrogens is 1. The molecule has 0 bridgehead atoms. The van der Waals surface area contributed by atoms with Gasteiger partial charge in [-0.3, -0.25) is 13.4 Å². The van der Waals surface area contributed by atoms with Gasteiger partial charge < -0.3 is 14.5 Å². The van der Waals surface area contributed by atoms with Crippen LogP contribution in [0, 0.1) is 11.5 Å². The van der Waals surface area contributed by atoms with E-state index in [1.165, 1.54) is 0 Å². The average Bonchev–Trinajstić information content (AvgIpc) is 3.26. The zero-order chi connectivity index (χ0) is 18.1. The van der Waals surface area contributed by atoms with Crippen LogP contribution in [0.15, 0.2) is 18.3 Å². The van der Waals surface area contributed by atoms with E-state index in [0.29, 0.717) is 39.4 Å². The van der Waals surface area contributed by atoms with E-state index in [0.717, 1.165) is 31.0 Å². The van der Waals surface area contributed by atoms with E-state index in [1.54, 1.807) is 19.7 Å². The van der Waals surface area contributed by atoms with Crippen LogP contribution in [-0.4, -0.2) is 81.8 Å². The van der Waals surface area contributed by atoms with Crippen LogP contribution in [0.1, 0.15) is 6.42 Å². The van der Waals surface area contributed by atoms with Crippen molar-refractivity contribution in [1.29, 1.82) is 5.26 Å². The van der Waals surface area contributed by atoms with Gasteiger partial charge in [-0.1, -0.05) is 11.0 Å². The molecule has 3 aliphatic rings. The van der Waals surface area contributed by atoms with Gasteiger partial charge in [-0.05, 0) is 12.5 Å². The number of hydrogen-bond acceptors (Lipinski definition) is 9. The predicted octanol–water partition coefficient (Wildman–Crippen LogP) is 1.18. The predicted molar refractivity (Wildman–Crippen MR) is 99.8 cm³/mol. The summed E-state index contributed by atoms with van der Waals surface area (Å²) in [6.45, 7) is 5.25. The monoisotopic (exact) mass is 380 g/mol. The Morgan fingerprint density at radius 2 is 2.00 bits per heavy atom. The third kappa shape index (κ3) is 3.17. The summed E-state index contributed by atoms with van der Waals surface area (Å²) in [6, 6.07) is 3.72. The first kappa shape index (κ1) is 17.6. The van der Waals surface area contributed by atoms with Gasteiger partial charge >= 0.3 is 0 Å². The van der Waals surface area contributed by atoms with Crippen molar-refractivity contribution in [3.63, 3.8) is 0 Å². The van der Waals surface area contributed by atoms with Crippen molar-refractivity contribution < 1.29 is 13.8 Å². The topological polar surface area (TPSA) is 99.3 Å². The lowest BCUT2D eigenvalue weighted by atomic mass is 10.2. The van der Waals surface area contributed by atoms with Gasteiger partial charge in [0, 0.05) is 45.0 Å². The number of morpholine rings is 1. The van der Waals surface area contributed by atoms with Crippen LogP contribution in [0.4, 0.5) is 11.5 Å². The third-order valence-corrected chi connectivity index (χ3v) is 7.29.